The molecule has 0 saturated carbocycles. The maximum Gasteiger partial charge on any atom is 0.222 e. The lowest BCUT2D eigenvalue weighted by molar-refractivity contribution is 0.0773. The van der Waals surface area contributed by atoms with Crippen LogP contribution in [-0.2, 0) is 7.05 Å². The van der Waals surface area contributed by atoms with Gasteiger partial charge in [-0.1, -0.05) is 59.3 Å². The molecule has 4 heteroatoms. The second kappa shape index (κ2) is 9.74. The molecule has 0 aliphatic carbocycles. The maximum atomic E-state index is 13.2. The van der Waals surface area contributed by atoms with Gasteiger partial charge in [0.2, 0.25) is 5.88 Å². The predicted octanol–water partition coefficient (Wildman–Crippen LogP) is 5.17. The van der Waals surface area contributed by atoms with Gasteiger partial charge < -0.3 is 4.74 Å². The van der Waals surface area contributed by atoms with Gasteiger partial charge in [0.1, 0.15) is 0 Å². The van der Waals surface area contributed by atoms with E-state index in [2.05, 4.69) is 25.9 Å². The summed E-state index contributed by atoms with van der Waals surface area (Å²) < 4.78 is 7.31. The first-order chi connectivity index (χ1) is 11.0. The van der Waals surface area contributed by atoms with Crippen molar-refractivity contribution in [1.29, 1.82) is 0 Å². The number of Topliss-reactive ketones (excluding diaryl/α,β-unsaturated/α-hetero) is 1. The first kappa shape index (κ1) is 19.7. The van der Waals surface area contributed by atoms with Crippen LogP contribution in [0.4, 0.5) is 0 Å². The van der Waals surface area contributed by atoms with E-state index in [1.165, 1.54) is 19.3 Å². The van der Waals surface area contributed by atoms with E-state index in [4.69, 9.17) is 4.74 Å². The number of aromatic nitrogens is 2. The van der Waals surface area contributed by atoms with Crippen LogP contribution in [0.15, 0.2) is 6.20 Å². The van der Waals surface area contributed by atoms with Crippen molar-refractivity contribution in [2.75, 3.05) is 6.61 Å². The molecule has 0 aliphatic heterocycles. The molecule has 0 N–H and O–H groups in total. The fraction of sp³-hybridized carbons (Fsp3) is 0.789. The Morgan fingerprint density at radius 3 is 2.39 bits per heavy atom. The van der Waals surface area contributed by atoms with Gasteiger partial charge in [0, 0.05) is 12.5 Å². The van der Waals surface area contributed by atoms with E-state index in [-0.39, 0.29) is 11.2 Å². The number of hydrogen-bond acceptors (Lipinski definition) is 3. The SMILES string of the molecule is CCCCCCC(C)(CCCC)C(=O)c1cnn(C)c1OCC. The Kier molecular flexibility index (Phi) is 8.35. The summed E-state index contributed by atoms with van der Waals surface area (Å²) in [7, 11) is 1.83. The normalized spacial score (nSPS) is 13.8. The number of unbranched alkanes of at least 4 members (excludes halogenated alkanes) is 4. The lowest BCUT2D eigenvalue weighted by atomic mass is 9.74. The molecule has 1 rings (SSSR count). The van der Waals surface area contributed by atoms with Crippen LogP contribution >= 0.6 is 0 Å². The minimum absolute atomic E-state index is 0.194. The van der Waals surface area contributed by atoms with Gasteiger partial charge in [-0.15, -0.1) is 0 Å². The monoisotopic (exact) mass is 322 g/mol. The number of aryl methyl sites for hydroxylation is 1. The number of ketones is 1. The van der Waals surface area contributed by atoms with E-state index in [0.29, 0.717) is 18.1 Å². The molecule has 0 bridgehead atoms. The highest BCUT2D eigenvalue weighted by atomic mass is 16.5. The van der Waals surface area contributed by atoms with Crippen LogP contribution in [-0.4, -0.2) is 22.2 Å². The second-order valence-electron chi connectivity index (χ2n) is 6.72. The fourth-order valence-electron chi connectivity index (χ4n) is 3.08. The Morgan fingerprint density at radius 1 is 1.13 bits per heavy atom. The Labute approximate surface area is 141 Å². The third-order valence-corrected chi connectivity index (χ3v) is 4.62. The number of carbonyl (C=O) groups is 1. The molecule has 132 valence electrons. The minimum Gasteiger partial charge on any atom is -0.478 e. The predicted molar refractivity (Wildman–Crippen MR) is 95.1 cm³/mol. The summed E-state index contributed by atoms with van der Waals surface area (Å²) in [5.41, 5.74) is 0.335. The average molecular weight is 322 g/mol. The summed E-state index contributed by atoms with van der Waals surface area (Å²) in [6.07, 6.45) is 10.5. The third-order valence-electron chi connectivity index (χ3n) is 4.62. The zero-order valence-electron chi connectivity index (χ0n) is 15.7. The summed E-state index contributed by atoms with van der Waals surface area (Å²) in [4.78, 5) is 13.2. The molecule has 0 saturated heterocycles. The van der Waals surface area contributed by atoms with Crippen molar-refractivity contribution in [1.82, 2.24) is 9.78 Å². The van der Waals surface area contributed by atoms with Crippen molar-refractivity contribution in [3.8, 4) is 5.88 Å². The summed E-state index contributed by atoms with van der Waals surface area (Å²) in [6, 6.07) is 0. The maximum absolute atomic E-state index is 13.2. The molecular formula is C19H34N2O2. The molecule has 0 fully saturated rings. The standard InChI is InChI=1S/C19H34N2O2/c1-6-9-11-12-14-19(4,13-10-7-2)17(22)16-15-20-21(5)18(16)23-8-3/h15H,6-14H2,1-5H3. The summed E-state index contributed by atoms with van der Waals surface area (Å²) in [5, 5.41) is 4.23. The average Bonchev–Trinajstić information content (AvgIpc) is 2.90. The van der Waals surface area contributed by atoms with Crippen LogP contribution in [0.5, 0.6) is 5.88 Å². The molecule has 4 nitrogen and oxygen atoms in total. The highest BCUT2D eigenvalue weighted by Gasteiger charge is 2.35. The van der Waals surface area contributed by atoms with Crippen molar-refractivity contribution in [3.63, 3.8) is 0 Å². The van der Waals surface area contributed by atoms with E-state index < -0.39 is 0 Å². The van der Waals surface area contributed by atoms with Crippen molar-refractivity contribution < 1.29 is 9.53 Å². The van der Waals surface area contributed by atoms with Crippen molar-refractivity contribution in [2.24, 2.45) is 12.5 Å². The van der Waals surface area contributed by atoms with Crippen molar-refractivity contribution >= 4 is 5.78 Å². The number of ether oxygens (including phenoxy) is 1. The zero-order valence-corrected chi connectivity index (χ0v) is 15.7. The molecule has 1 heterocycles. The van der Waals surface area contributed by atoms with Gasteiger partial charge in [-0.25, -0.2) is 4.68 Å². The van der Waals surface area contributed by atoms with Gasteiger partial charge in [-0.2, -0.15) is 5.10 Å². The molecule has 1 aromatic rings. The molecule has 0 aromatic carbocycles. The van der Waals surface area contributed by atoms with Crippen LogP contribution < -0.4 is 4.74 Å². The van der Waals surface area contributed by atoms with E-state index in [0.717, 1.165) is 32.1 Å². The zero-order chi connectivity index (χ0) is 17.3. The largest absolute Gasteiger partial charge is 0.478 e. The molecule has 1 aromatic heterocycles. The highest BCUT2D eigenvalue weighted by molar-refractivity contribution is 6.02. The van der Waals surface area contributed by atoms with E-state index in [1.54, 1.807) is 10.9 Å². The third kappa shape index (κ3) is 5.36. The van der Waals surface area contributed by atoms with Crippen LogP contribution in [0.25, 0.3) is 0 Å². The van der Waals surface area contributed by atoms with Crippen LogP contribution in [0, 0.1) is 5.41 Å². The van der Waals surface area contributed by atoms with Gasteiger partial charge in [0.05, 0.1) is 18.4 Å². The van der Waals surface area contributed by atoms with Gasteiger partial charge in [0.25, 0.3) is 0 Å². The molecule has 1 unspecified atom stereocenters. The van der Waals surface area contributed by atoms with Gasteiger partial charge in [-0.3, -0.25) is 4.79 Å². The number of hydrogen-bond donors (Lipinski definition) is 0. The molecular weight excluding hydrogens is 288 g/mol. The van der Waals surface area contributed by atoms with E-state index in [1.807, 2.05) is 14.0 Å². The lowest BCUT2D eigenvalue weighted by Crippen LogP contribution is -2.28. The van der Waals surface area contributed by atoms with Crippen molar-refractivity contribution in [3.05, 3.63) is 11.8 Å². The van der Waals surface area contributed by atoms with E-state index >= 15 is 0 Å². The van der Waals surface area contributed by atoms with Gasteiger partial charge in [0.15, 0.2) is 5.78 Å². The first-order valence-electron chi connectivity index (χ1n) is 9.19. The summed E-state index contributed by atoms with van der Waals surface area (Å²) >= 11 is 0. The lowest BCUT2D eigenvalue weighted by Gasteiger charge is -2.28. The number of rotatable bonds is 12. The van der Waals surface area contributed by atoms with Crippen LogP contribution in [0.3, 0.4) is 0 Å². The molecule has 0 radical (unpaired) electrons. The summed E-state index contributed by atoms with van der Waals surface area (Å²) in [6.45, 7) is 8.99. The Morgan fingerprint density at radius 2 is 1.78 bits per heavy atom. The minimum atomic E-state index is -0.307. The Balaban J connectivity index is 2.94. The first-order valence-corrected chi connectivity index (χ1v) is 9.19. The smallest absolute Gasteiger partial charge is 0.222 e. The summed E-state index contributed by atoms with van der Waals surface area (Å²) in [5.74, 6) is 0.799. The van der Waals surface area contributed by atoms with E-state index in [9.17, 15) is 4.79 Å². The molecule has 23 heavy (non-hydrogen) atoms. The Bertz CT molecular complexity index is 482. The molecule has 1 atom stereocenters. The molecule has 0 aliphatic rings. The molecule has 0 amide bonds. The quantitative estimate of drug-likeness (QED) is 0.394. The fourth-order valence-corrected chi connectivity index (χ4v) is 3.08. The van der Waals surface area contributed by atoms with Crippen molar-refractivity contribution in [2.45, 2.75) is 79.1 Å². The second-order valence-corrected chi connectivity index (χ2v) is 6.72. The van der Waals surface area contributed by atoms with Crippen LogP contribution in [0.2, 0.25) is 0 Å². The van der Waals surface area contributed by atoms with Gasteiger partial charge in [-0.05, 0) is 19.8 Å². The number of carbonyl (C=O) groups excluding carboxylic acids is 1. The number of nitrogens with zero attached hydrogens (tertiary/aromatic N) is 2. The van der Waals surface area contributed by atoms with Crippen LogP contribution in [0.1, 0.15) is 89.4 Å². The topological polar surface area (TPSA) is 44.1 Å². The Hall–Kier alpha value is -1.32. The highest BCUT2D eigenvalue weighted by Crippen LogP contribution is 2.37. The molecule has 0 spiro atoms. The van der Waals surface area contributed by atoms with Gasteiger partial charge >= 0.3 is 0 Å².